The Balaban J connectivity index is 1.65. The van der Waals surface area contributed by atoms with E-state index in [1.165, 1.54) is 0 Å². The molecule has 0 amide bonds. The highest BCUT2D eigenvalue weighted by Crippen LogP contribution is 2.33. The standard InChI is InChI=1S/C18H19N5O2/c1-24-17-16(13-3-2-4-15(8-13)25-14-5-6-14)7-12(9-20-17)10-23-11-21-18(19)22-23/h2-4,7-9,11,14H,5-6,10H2,1H3,(H2,19,22). The van der Waals surface area contributed by atoms with Crippen LogP contribution in [-0.2, 0) is 6.54 Å². The molecule has 0 spiro atoms. The van der Waals surface area contributed by atoms with Crippen molar-refractivity contribution in [2.75, 3.05) is 12.8 Å². The van der Waals surface area contributed by atoms with Crippen LogP contribution in [0.2, 0.25) is 0 Å². The number of aromatic nitrogens is 4. The Labute approximate surface area is 145 Å². The van der Waals surface area contributed by atoms with Gasteiger partial charge < -0.3 is 15.2 Å². The van der Waals surface area contributed by atoms with E-state index < -0.39 is 0 Å². The van der Waals surface area contributed by atoms with Crippen molar-refractivity contribution in [1.29, 1.82) is 0 Å². The molecule has 1 saturated carbocycles. The molecule has 0 bridgehead atoms. The SMILES string of the molecule is COc1ncc(Cn2cnc(N)n2)cc1-c1cccc(OC2CC2)c1. The van der Waals surface area contributed by atoms with Gasteiger partial charge >= 0.3 is 0 Å². The van der Waals surface area contributed by atoms with Gasteiger partial charge in [0, 0.05) is 11.8 Å². The van der Waals surface area contributed by atoms with E-state index in [0.717, 1.165) is 35.3 Å². The van der Waals surface area contributed by atoms with E-state index in [4.69, 9.17) is 15.2 Å². The third-order valence-electron chi connectivity index (χ3n) is 3.97. The number of pyridine rings is 1. The molecule has 25 heavy (non-hydrogen) atoms. The molecular weight excluding hydrogens is 318 g/mol. The molecule has 0 atom stereocenters. The zero-order chi connectivity index (χ0) is 17.2. The maximum Gasteiger partial charge on any atom is 0.239 e. The number of nitrogens with two attached hydrogens (primary N) is 1. The zero-order valence-corrected chi connectivity index (χ0v) is 13.9. The van der Waals surface area contributed by atoms with Gasteiger partial charge in [-0.1, -0.05) is 12.1 Å². The molecule has 0 saturated heterocycles. The summed E-state index contributed by atoms with van der Waals surface area (Å²) in [5.74, 6) is 1.70. The van der Waals surface area contributed by atoms with Crippen molar-refractivity contribution in [2.24, 2.45) is 0 Å². The maximum atomic E-state index is 5.89. The smallest absolute Gasteiger partial charge is 0.239 e. The Morgan fingerprint density at radius 1 is 1.24 bits per heavy atom. The molecule has 1 fully saturated rings. The number of ether oxygens (including phenoxy) is 2. The third-order valence-corrected chi connectivity index (χ3v) is 3.97. The number of nitrogens with zero attached hydrogens (tertiary/aromatic N) is 4. The van der Waals surface area contributed by atoms with Crippen LogP contribution in [-0.4, -0.2) is 33.0 Å². The second kappa shape index (κ2) is 6.43. The third kappa shape index (κ3) is 3.55. The van der Waals surface area contributed by atoms with E-state index in [-0.39, 0.29) is 5.95 Å². The molecule has 2 aromatic heterocycles. The summed E-state index contributed by atoms with van der Waals surface area (Å²) in [7, 11) is 1.62. The van der Waals surface area contributed by atoms with E-state index in [2.05, 4.69) is 15.1 Å². The van der Waals surface area contributed by atoms with Crippen LogP contribution in [0.1, 0.15) is 18.4 Å². The maximum absolute atomic E-state index is 5.89. The minimum absolute atomic E-state index is 0.256. The van der Waals surface area contributed by atoms with Crippen molar-refractivity contribution in [2.45, 2.75) is 25.5 Å². The molecule has 3 aromatic rings. The Morgan fingerprint density at radius 2 is 2.12 bits per heavy atom. The molecule has 0 radical (unpaired) electrons. The van der Waals surface area contributed by atoms with Gasteiger partial charge in [0.25, 0.3) is 0 Å². The highest BCUT2D eigenvalue weighted by Gasteiger charge is 2.23. The van der Waals surface area contributed by atoms with Crippen LogP contribution in [0.25, 0.3) is 11.1 Å². The fraction of sp³-hybridized carbons (Fsp3) is 0.278. The summed E-state index contributed by atoms with van der Waals surface area (Å²) in [6.07, 6.45) is 5.99. The minimum Gasteiger partial charge on any atom is -0.490 e. The molecule has 0 aliphatic heterocycles. The lowest BCUT2D eigenvalue weighted by molar-refractivity contribution is 0.303. The molecule has 1 aromatic carbocycles. The Bertz CT molecular complexity index is 889. The van der Waals surface area contributed by atoms with Gasteiger partial charge in [0.15, 0.2) is 0 Å². The summed E-state index contributed by atoms with van der Waals surface area (Å²) < 4.78 is 13.0. The van der Waals surface area contributed by atoms with Crippen molar-refractivity contribution < 1.29 is 9.47 Å². The topological polar surface area (TPSA) is 88.1 Å². The molecule has 1 aliphatic carbocycles. The molecule has 2 N–H and O–H groups in total. The predicted molar refractivity (Wildman–Crippen MR) is 93.4 cm³/mol. The summed E-state index contributed by atoms with van der Waals surface area (Å²) in [5.41, 5.74) is 8.46. The second-order valence-electron chi connectivity index (χ2n) is 6.05. The number of nitrogen functional groups attached to an aromatic ring is 1. The minimum atomic E-state index is 0.256. The Hall–Kier alpha value is -3.09. The summed E-state index contributed by atoms with van der Waals surface area (Å²) in [6, 6.07) is 10.0. The Morgan fingerprint density at radius 3 is 2.84 bits per heavy atom. The quantitative estimate of drug-likeness (QED) is 0.743. The van der Waals surface area contributed by atoms with Crippen molar-refractivity contribution >= 4 is 5.95 Å². The fourth-order valence-corrected chi connectivity index (χ4v) is 2.64. The summed E-state index contributed by atoms with van der Waals surface area (Å²) in [6.45, 7) is 0.534. The molecule has 1 aliphatic rings. The average molecular weight is 337 g/mol. The lowest BCUT2D eigenvalue weighted by Gasteiger charge is -2.12. The summed E-state index contributed by atoms with van der Waals surface area (Å²) >= 11 is 0. The van der Waals surface area contributed by atoms with E-state index in [0.29, 0.717) is 18.5 Å². The molecule has 7 nitrogen and oxygen atoms in total. The van der Waals surface area contributed by atoms with Crippen LogP contribution in [0.5, 0.6) is 11.6 Å². The normalized spacial score (nSPS) is 13.6. The molecule has 2 heterocycles. The predicted octanol–water partition coefficient (Wildman–Crippen LogP) is 2.52. The summed E-state index contributed by atoms with van der Waals surface area (Å²) in [5, 5.41) is 4.11. The van der Waals surface area contributed by atoms with Gasteiger partial charge in [0.1, 0.15) is 12.1 Å². The number of anilines is 1. The van der Waals surface area contributed by atoms with E-state index >= 15 is 0 Å². The molecular formula is C18H19N5O2. The van der Waals surface area contributed by atoms with Crippen molar-refractivity contribution in [1.82, 2.24) is 19.7 Å². The molecule has 7 heteroatoms. The lowest BCUT2D eigenvalue weighted by atomic mass is 10.0. The largest absolute Gasteiger partial charge is 0.490 e. The van der Waals surface area contributed by atoms with Crippen molar-refractivity contribution in [3.63, 3.8) is 0 Å². The first-order valence-electron chi connectivity index (χ1n) is 8.16. The molecule has 128 valence electrons. The lowest BCUT2D eigenvalue weighted by Crippen LogP contribution is -2.03. The van der Waals surface area contributed by atoms with Gasteiger partial charge in [-0.2, -0.15) is 0 Å². The van der Waals surface area contributed by atoms with Gasteiger partial charge in [-0.15, -0.1) is 5.10 Å². The van der Waals surface area contributed by atoms with Crippen LogP contribution in [0.4, 0.5) is 5.95 Å². The first-order chi connectivity index (χ1) is 12.2. The van der Waals surface area contributed by atoms with Gasteiger partial charge in [-0.3, -0.25) is 0 Å². The number of benzene rings is 1. The average Bonchev–Trinajstić information content (AvgIpc) is 3.35. The van der Waals surface area contributed by atoms with Crippen LogP contribution in [0, 0.1) is 0 Å². The Kier molecular flexibility index (Phi) is 3.97. The monoisotopic (exact) mass is 337 g/mol. The van der Waals surface area contributed by atoms with Gasteiger partial charge in [-0.05, 0) is 42.2 Å². The van der Waals surface area contributed by atoms with E-state index in [1.54, 1.807) is 24.3 Å². The van der Waals surface area contributed by atoms with Crippen LogP contribution < -0.4 is 15.2 Å². The molecule has 4 rings (SSSR count). The van der Waals surface area contributed by atoms with E-state index in [9.17, 15) is 0 Å². The van der Waals surface area contributed by atoms with Crippen LogP contribution in [0.15, 0.2) is 42.9 Å². The second-order valence-corrected chi connectivity index (χ2v) is 6.05. The number of rotatable bonds is 6. The molecule has 0 unspecified atom stereocenters. The van der Waals surface area contributed by atoms with Crippen LogP contribution in [0.3, 0.4) is 0 Å². The fourth-order valence-electron chi connectivity index (χ4n) is 2.64. The number of methoxy groups -OCH3 is 1. The number of hydrogen-bond donors (Lipinski definition) is 1. The summed E-state index contributed by atoms with van der Waals surface area (Å²) in [4.78, 5) is 8.36. The van der Waals surface area contributed by atoms with Crippen molar-refractivity contribution in [3.8, 4) is 22.8 Å². The van der Waals surface area contributed by atoms with Crippen LogP contribution >= 0.6 is 0 Å². The number of hydrogen-bond acceptors (Lipinski definition) is 6. The highest BCUT2D eigenvalue weighted by molar-refractivity contribution is 5.70. The first kappa shape index (κ1) is 15.4. The van der Waals surface area contributed by atoms with Gasteiger partial charge in [0.2, 0.25) is 11.8 Å². The zero-order valence-electron chi connectivity index (χ0n) is 13.9. The van der Waals surface area contributed by atoms with E-state index in [1.807, 2.05) is 30.3 Å². The van der Waals surface area contributed by atoms with Gasteiger partial charge in [0.05, 0.1) is 19.8 Å². The highest BCUT2D eigenvalue weighted by atomic mass is 16.5. The van der Waals surface area contributed by atoms with Crippen molar-refractivity contribution in [3.05, 3.63) is 48.4 Å². The first-order valence-corrected chi connectivity index (χ1v) is 8.16. The van der Waals surface area contributed by atoms with Gasteiger partial charge in [-0.25, -0.2) is 14.6 Å².